The monoisotopic (exact) mass is 315 g/mol. The highest BCUT2D eigenvalue weighted by Gasteiger charge is 2.28. The van der Waals surface area contributed by atoms with Crippen molar-refractivity contribution in [1.29, 1.82) is 0 Å². The quantitative estimate of drug-likeness (QED) is 0.793. The Labute approximate surface area is 123 Å². The topological polar surface area (TPSA) is 78.5 Å². The van der Waals surface area contributed by atoms with E-state index < -0.39 is 10.0 Å². The first-order valence-corrected chi connectivity index (χ1v) is 8.48. The minimum Gasteiger partial charge on any atom is -0.336 e. The summed E-state index contributed by atoms with van der Waals surface area (Å²) in [5.41, 5.74) is 0.718. The predicted molar refractivity (Wildman–Crippen MR) is 76.8 cm³/mol. The summed E-state index contributed by atoms with van der Waals surface area (Å²) in [6.07, 6.45) is 1.45. The molecule has 0 spiro atoms. The van der Waals surface area contributed by atoms with Gasteiger partial charge in [-0.25, -0.2) is 22.3 Å². The number of urea groups is 1. The number of halogens is 1. The summed E-state index contributed by atoms with van der Waals surface area (Å²) >= 11 is 0. The Kier molecular flexibility index (Phi) is 4.79. The van der Waals surface area contributed by atoms with Crippen LogP contribution in [0.25, 0.3) is 0 Å². The number of carbonyl (C=O) groups excluding carboxylic acids is 1. The third-order valence-corrected chi connectivity index (χ3v) is 3.96. The van der Waals surface area contributed by atoms with Gasteiger partial charge in [0.25, 0.3) is 0 Å². The molecule has 1 atom stereocenters. The summed E-state index contributed by atoms with van der Waals surface area (Å²) in [5.74, 6) is -0.354. The number of nitrogens with one attached hydrogen (secondary N) is 2. The summed E-state index contributed by atoms with van der Waals surface area (Å²) in [6.45, 7) is 1.13. The van der Waals surface area contributed by atoms with Gasteiger partial charge in [0.1, 0.15) is 5.82 Å². The Hall–Kier alpha value is -1.67. The smallest absolute Gasteiger partial charge is 0.317 e. The fourth-order valence-corrected chi connectivity index (χ4v) is 2.81. The third kappa shape index (κ3) is 4.68. The molecular formula is C13H18FN3O3S. The highest BCUT2D eigenvalue weighted by Crippen LogP contribution is 2.13. The first-order valence-electron chi connectivity index (χ1n) is 6.59. The molecule has 1 aromatic rings. The van der Waals surface area contributed by atoms with Gasteiger partial charge < -0.3 is 10.2 Å². The number of hydrogen-bond acceptors (Lipinski definition) is 3. The van der Waals surface area contributed by atoms with E-state index in [0.29, 0.717) is 19.5 Å². The predicted octanol–water partition coefficient (Wildman–Crippen LogP) is 0.311. The molecule has 0 aliphatic carbocycles. The van der Waals surface area contributed by atoms with Crippen molar-refractivity contribution in [2.24, 2.45) is 0 Å². The number of amides is 2. The minimum atomic E-state index is -3.35. The molecule has 116 valence electrons. The van der Waals surface area contributed by atoms with E-state index in [2.05, 4.69) is 10.0 Å². The second-order valence-electron chi connectivity index (χ2n) is 5.03. The van der Waals surface area contributed by atoms with Crippen molar-refractivity contribution >= 4 is 16.1 Å². The van der Waals surface area contributed by atoms with Crippen LogP contribution in [0.15, 0.2) is 24.3 Å². The molecule has 2 N–H and O–H groups in total. The zero-order chi connectivity index (χ0) is 15.5. The minimum absolute atomic E-state index is 0.1000. The number of carbonyl (C=O) groups is 1. The molecule has 2 rings (SSSR count). The van der Waals surface area contributed by atoms with E-state index in [1.54, 1.807) is 17.0 Å². The van der Waals surface area contributed by atoms with E-state index in [1.165, 1.54) is 12.1 Å². The SMILES string of the molecule is CS(=O)(=O)NC[C@@H](Cc1cccc(F)c1)N1CCNC1=O. The molecule has 1 heterocycles. The van der Waals surface area contributed by atoms with Crippen LogP contribution in [0.2, 0.25) is 0 Å². The van der Waals surface area contributed by atoms with Gasteiger partial charge in [-0.3, -0.25) is 0 Å². The van der Waals surface area contributed by atoms with Gasteiger partial charge in [0.2, 0.25) is 10.0 Å². The Bertz CT molecular complexity index is 621. The molecule has 0 bridgehead atoms. The van der Waals surface area contributed by atoms with Crippen LogP contribution in [0.1, 0.15) is 5.56 Å². The third-order valence-electron chi connectivity index (χ3n) is 3.27. The molecule has 1 aliphatic rings. The molecule has 6 nitrogen and oxygen atoms in total. The summed E-state index contributed by atoms with van der Waals surface area (Å²) < 4.78 is 38.2. The number of benzene rings is 1. The van der Waals surface area contributed by atoms with Crippen molar-refractivity contribution in [1.82, 2.24) is 14.9 Å². The lowest BCUT2D eigenvalue weighted by Gasteiger charge is -2.27. The lowest BCUT2D eigenvalue weighted by Crippen LogP contribution is -2.46. The number of nitrogens with zero attached hydrogens (tertiary/aromatic N) is 1. The van der Waals surface area contributed by atoms with Crippen LogP contribution in [0.3, 0.4) is 0 Å². The maximum Gasteiger partial charge on any atom is 0.317 e. The molecule has 0 unspecified atom stereocenters. The van der Waals surface area contributed by atoms with Gasteiger partial charge in [0, 0.05) is 19.6 Å². The highest BCUT2D eigenvalue weighted by molar-refractivity contribution is 7.88. The molecule has 8 heteroatoms. The molecular weight excluding hydrogens is 297 g/mol. The Balaban J connectivity index is 2.13. The van der Waals surface area contributed by atoms with E-state index in [1.807, 2.05) is 0 Å². The summed E-state index contributed by atoms with van der Waals surface area (Å²) in [4.78, 5) is 13.3. The molecule has 1 saturated heterocycles. The standard InChI is InChI=1S/C13H18FN3O3S/c1-21(19,20)16-9-12(17-6-5-15-13(17)18)8-10-3-2-4-11(14)7-10/h2-4,7,12,16H,5-6,8-9H2,1H3,(H,15,18)/t12-/m1/s1. The molecule has 0 radical (unpaired) electrons. The first-order chi connectivity index (χ1) is 9.85. The number of rotatable bonds is 6. The van der Waals surface area contributed by atoms with Crippen molar-refractivity contribution in [3.8, 4) is 0 Å². The molecule has 1 fully saturated rings. The molecule has 2 amide bonds. The van der Waals surface area contributed by atoms with Gasteiger partial charge in [-0.05, 0) is 24.1 Å². The number of sulfonamides is 1. The summed E-state index contributed by atoms with van der Waals surface area (Å²) in [6, 6.07) is 5.49. The fraction of sp³-hybridized carbons (Fsp3) is 0.462. The van der Waals surface area contributed by atoms with Crippen LogP contribution >= 0.6 is 0 Å². The van der Waals surface area contributed by atoms with Gasteiger partial charge in [0.15, 0.2) is 0 Å². The molecule has 21 heavy (non-hydrogen) atoms. The van der Waals surface area contributed by atoms with Crippen molar-refractivity contribution in [3.05, 3.63) is 35.6 Å². The molecule has 0 aromatic heterocycles. The van der Waals surface area contributed by atoms with Crippen molar-refractivity contribution in [2.75, 3.05) is 25.9 Å². The second kappa shape index (κ2) is 6.40. The van der Waals surface area contributed by atoms with Crippen LogP contribution < -0.4 is 10.0 Å². The largest absolute Gasteiger partial charge is 0.336 e. The Morgan fingerprint density at radius 1 is 1.48 bits per heavy atom. The van der Waals surface area contributed by atoms with E-state index in [-0.39, 0.29) is 24.4 Å². The summed E-state index contributed by atoms with van der Waals surface area (Å²) in [7, 11) is -3.35. The van der Waals surface area contributed by atoms with Gasteiger partial charge in [0.05, 0.1) is 12.3 Å². The van der Waals surface area contributed by atoms with Crippen LogP contribution in [-0.4, -0.2) is 51.3 Å². The van der Waals surface area contributed by atoms with Gasteiger partial charge in [-0.2, -0.15) is 0 Å². The van der Waals surface area contributed by atoms with Crippen molar-refractivity contribution in [2.45, 2.75) is 12.5 Å². The van der Waals surface area contributed by atoms with Crippen LogP contribution in [0.5, 0.6) is 0 Å². The normalized spacial score (nSPS) is 16.9. The van der Waals surface area contributed by atoms with E-state index in [4.69, 9.17) is 0 Å². The molecule has 1 aromatic carbocycles. The maximum atomic E-state index is 13.2. The lowest BCUT2D eigenvalue weighted by atomic mass is 10.0. The molecule has 0 saturated carbocycles. The van der Waals surface area contributed by atoms with E-state index >= 15 is 0 Å². The van der Waals surface area contributed by atoms with Crippen LogP contribution in [0.4, 0.5) is 9.18 Å². The van der Waals surface area contributed by atoms with Crippen molar-refractivity contribution < 1.29 is 17.6 Å². The Morgan fingerprint density at radius 2 is 2.24 bits per heavy atom. The second-order valence-corrected chi connectivity index (χ2v) is 6.87. The molecule has 1 aliphatic heterocycles. The van der Waals surface area contributed by atoms with Gasteiger partial charge in [-0.15, -0.1) is 0 Å². The zero-order valence-electron chi connectivity index (χ0n) is 11.7. The summed E-state index contributed by atoms with van der Waals surface area (Å²) in [5, 5.41) is 2.68. The lowest BCUT2D eigenvalue weighted by molar-refractivity contribution is 0.197. The first kappa shape index (κ1) is 15.7. The van der Waals surface area contributed by atoms with E-state index in [9.17, 15) is 17.6 Å². The van der Waals surface area contributed by atoms with E-state index in [0.717, 1.165) is 11.8 Å². The van der Waals surface area contributed by atoms with Crippen LogP contribution in [0, 0.1) is 5.82 Å². The average Bonchev–Trinajstić information content (AvgIpc) is 2.80. The average molecular weight is 315 g/mol. The maximum absolute atomic E-state index is 13.2. The fourth-order valence-electron chi connectivity index (χ4n) is 2.31. The van der Waals surface area contributed by atoms with Crippen molar-refractivity contribution in [3.63, 3.8) is 0 Å². The van der Waals surface area contributed by atoms with Gasteiger partial charge in [-0.1, -0.05) is 12.1 Å². The van der Waals surface area contributed by atoms with Gasteiger partial charge >= 0.3 is 6.03 Å². The zero-order valence-corrected chi connectivity index (χ0v) is 12.5. The van der Waals surface area contributed by atoms with Crippen LogP contribution in [-0.2, 0) is 16.4 Å². The highest BCUT2D eigenvalue weighted by atomic mass is 32.2. The number of hydrogen-bond donors (Lipinski definition) is 2. The Morgan fingerprint density at radius 3 is 2.81 bits per heavy atom.